The third kappa shape index (κ3) is 6.64. The Morgan fingerprint density at radius 1 is 1.03 bits per heavy atom. The number of carbonyl (C=O) groups is 4. The molecule has 0 saturated carbocycles. The van der Waals surface area contributed by atoms with Crippen LogP contribution in [0.1, 0.15) is 11.3 Å². The van der Waals surface area contributed by atoms with Gasteiger partial charge < -0.3 is 36.8 Å². The minimum Gasteiger partial charge on any atom is -0.480 e. The molecule has 2 aromatic heterocycles. The van der Waals surface area contributed by atoms with Gasteiger partial charge in [-0.25, -0.2) is 4.98 Å². The van der Waals surface area contributed by atoms with Crippen molar-refractivity contribution in [3.8, 4) is 0 Å². The summed E-state index contributed by atoms with van der Waals surface area (Å²) in [4.78, 5) is 57.7. The van der Waals surface area contributed by atoms with Crippen molar-refractivity contribution in [1.29, 1.82) is 0 Å². The zero-order valence-corrected chi connectivity index (χ0v) is 17.6. The maximum atomic E-state index is 12.8. The van der Waals surface area contributed by atoms with E-state index < -0.39 is 48.9 Å². The van der Waals surface area contributed by atoms with Crippen LogP contribution >= 0.6 is 0 Å². The second-order valence-corrected chi connectivity index (χ2v) is 7.40. The highest BCUT2D eigenvalue weighted by molar-refractivity contribution is 5.93. The first-order valence-corrected chi connectivity index (χ1v) is 10.2. The summed E-state index contributed by atoms with van der Waals surface area (Å²) in [5, 5.41) is 16.8. The monoisotopic (exact) mass is 455 g/mol. The molecule has 0 aliphatic heterocycles. The number of imidazole rings is 1. The highest BCUT2D eigenvalue weighted by Gasteiger charge is 2.26. The van der Waals surface area contributed by atoms with Gasteiger partial charge in [-0.15, -0.1) is 0 Å². The van der Waals surface area contributed by atoms with Crippen LogP contribution in [0, 0.1) is 0 Å². The Bertz CT molecular complexity index is 1130. The standard InChI is InChI=1S/C21H25N7O5/c22-15(6-13-8-23-11-27-13)20(32)28-17(21(33)26-9-18(29)25-10-19(30)31)5-12-7-24-16-4-2-1-3-14(12)16/h1-4,7-8,11,15,17,24H,5-6,9-10,22H2,(H,23,27)(H,25,29)(H,26,33)(H,28,32)(H,30,31). The van der Waals surface area contributed by atoms with Crippen LogP contribution in [0.25, 0.3) is 10.9 Å². The van der Waals surface area contributed by atoms with Gasteiger partial charge in [0.1, 0.15) is 12.6 Å². The number of carboxylic acids is 1. The van der Waals surface area contributed by atoms with Gasteiger partial charge in [0.2, 0.25) is 17.7 Å². The lowest BCUT2D eigenvalue weighted by molar-refractivity contribution is -0.138. The van der Waals surface area contributed by atoms with Crippen molar-refractivity contribution in [2.75, 3.05) is 13.1 Å². The van der Waals surface area contributed by atoms with Gasteiger partial charge in [0.25, 0.3) is 0 Å². The molecule has 8 N–H and O–H groups in total. The highest BCUT2D eigenvalue weighted by Crippen LogP contribution is 2.19. The van der Waals surface area contributed by atoms with Crippen LogP contribution in [0.2, 0.25) is 0 Å². The van der Waals surface area contributed by atoms with Crippen LogP contribution in [0.3, 0.4) is 0 Å². The minimum atomic E-state index is -1.20. The number of aromatic amines is 2. The summed E-state index contributed by atoms with van der Waals surface area (Å²) >= 11 is 0. The lowest BCUT2D eigenvalue weighted by Crippen LogP contribution is -2.54. The average molecular weight is 455 g/mol. The van der Waals surface area contributed by atoms with Gasteiger partial charge in [-0.3, -0.25) is 19.2 Å². The Kier molecular flexibility index (Phi) is 7.76. The van der Waals surface area contributed by atoms with Crippen LogP contribution < -0.4 is 21.7 Å². The summed E-state index contributed by atoms with van der Waals surface area (Å²) in [5.74, 6) is -3.02. The van der Waals surface area contributed by atoms with Crippen LogP contribution in [0.15, 0.2) is 43.0 Å². The normalized spacial score (nSPS) is 12.6. The average Bonchev–Trinajstić information content (AvgIpc) is 3.45. The minimum absolute atomic E-state index is 0.148. The molecule has 2 heterocycles. The van der Waals surface area contributed by atoms with E-state index in [1.54, 1.807) is 12.4 Å². The zero-order chi connectivity index (χ0) is 23.8. The molecular weight excluding hydrogens is 430 g/mol. The fourth-order valence-corrected chi connectivity index (χ4v) is 3.26. The van der Waals surface area contributed by atoms with E-state index in [9.17, 15) is 19.2 Å². The Labute approximate surface area is 188 Å². The molecule has 0 aliphatic carbocycles. The first-order chi connectivity index (χ1) is 15.8. The molecule has 0 fully saturated rings. The second-order valence-electron chi connectivity index (χ2n) is 7.40. The smallest absolute Gasteiger partial charge is 0.322 e. The van der Waals surface area contributed by atoms with Gasteiger partial charge in [0.05, 0.1) is 18.9 Å². The predicted octanol–water partition coefficient (Wildman–Crippen LogP) is -1.19. The Morgan fingerprint density at radius 3 is 2.55 bits per heavy atom. The Morgan fingerprint density at radius 2 is 1.82 bits per heavy atom. The number of hydrogen-bond donors (Lipinski definition) is 7. The molecule has 0 aliphatic rings. The molecule has 0 bridgehead atoms. The number of aliphatic carboxylic acids is 1. The summed E-state index contributed by atoms with van der Waals surface area (Å²) < 4.78 is 0. The number of nitrogens with two attached hydrogens (primary N) is 1. The molecular formula is C21H25N7O5. The van der Waals surface area contributed by atoms with Gasteiger partial charge in [0, 0.05) is 41.8 Å². The van der Waals surface area contributed by atoms with Crippen molar-refractivity contribution in [3.63, 3.8) is 0 Å². The molecule has 2 unspecified atom stereocenters. The molecule has 3 amide bonds. The number of carbonyl (C=O) groups excluding carboxylic acids is 3. The van der Waals surface area contributed by atoms with Crippen LogP contribution in [-0.4, -0.2) is 68.9 Å². The van der Waals surface area contributed by atoms with Crippen LogP contribution in [-0.2, 0) is 32.0 Å². The number of carboxylic acid groups (broad SMARTS) is 1. The maximum Gasteiger partial charge on any atom is 0.322 e. The van der Waals surface area contributed by atoms with Crippen molar-refractivity contribution in [2.24, 2.45) is 5.73 Å². The van der Waals surface area contributed by atoms with Crippen molar-refractivity contribution in [1.82, 2.24) is 30.9 Å². The SMILES string of the molecule is NC(Cc1cnc[nH]1)C(=O)NC(Cc1c[nH]c2ccccc12)C(=O)NCC(=O)NCC(=O)O. The largest absolute Gasteiger partial charge is 0.480 e. The Balaban J connectivity index is 1.69. The molecule has 12 heteroatoms. The molecule has 3 rings (SSSR count). The van der Waals surface area contributed by atoms with Gasteiger partial charge in [-0.2, -0.15) is 0 Å². The van der Waals surface area contributed by atoms with E-state index in [-0.39, 0.29) is 12.8 Å². The quantitative estimate of drug-likeness (QED) is 0.189. The van der Waals surface area contributed by atoms with Gasteiger partial charge >= 0.3 is 5.97 Å². The number of nitrogens with zero attached hydrogens (tertiary/aromatic N) is 1. The Hall–Kier alpha value is -4.19. The molecule has 174 valence electrons. The fraction of sp³-hybridized carbons (Fsp3) is 0.286. The van der Waals surface area contributed by atoms with Crippen molar-refractivity contribution in [2.45, 2.75) is 24.9 Å². The molecule has 0 spiro atoms. The van der Waals surface area contributed by atoms with E-state index in [2.05, 4.69) is 30.9 Å². The molecule has 2 atom stereocenters. The maximum absolute atomic E-state index is 12.8. The number of benzene rings is 1. The first-order valence-electron chi connectivity index (χ1n) is 10.2. The van der Waals surface area contributed by atoms with Crippen molar-refractivity contribution >= 4 is 34.6 Å². The van der Waals surface area contributed by atoms with Gasteiger partial charge in [0.15, 0.2) is 0 Å². The van der Waals surface area contributed by atoms with E-state index in [1.165, 1.54) is 6.33 Å². The van der Waals surface area contributed by atoms with Crippen molar-refractivity contribution < 1.29 is 24.3 Å². The van der Waals surface area contributed by atoms with E-state index in [0.717, 1.165) is 16.5 Å². The number of rotatable bonds is 11. The number of nitrogens with one attached hydrogen (secondary N) is 5. The molecule has 0 saturated heterocycles. The molecule has 12 nitrogen and oxygen atoms in total. The summed E-state index contributed by atoms with van der Waals surface area (Å²) in [7, 11) is 0. The lowest BCUT2D eigenvalue weighted by atomic mass is 10.0. The fourth-order valence-electron chi connectivity index (χ4n) is 3.26. The molecule has 0 radical (unpaired) electrons. The lowest BCUT2D eigenvalue weighted by Gasteiger charge is -2.20. The molecule has 33 heavy (non-hydrogen) atoms. The zero-order valence-electron chi connectivity index (χ0n) is 17.6. The topological polar surface area (TPSA) is 195 Å². The van der Waals surface area contributed by atoms with Crippen LogP contribution in [0.5, 0.6) is 0 Å². The first kappa shape index (κ1) is 23.5. The molecule has 1 aromatic carbocycles. The number of para-hydroxylation sites is 1. The summed E-state index contributed by atoms with van der Waals surface area (Å²) in [5.41, 5.74) is 8.34. The number of amides is 3. The summed E-state index contributed by atoms with van der Waals surface area (Å²) in [6.45, 7) is -1.00. The van der Waals surface area contributed by atoms with Gasteiger partial charge in [-0.05, 0) is 11.6 Å². The van der Waals surface area contributed by atoms with E-state index in [4.69, 9.17) is 10.8 Å². The number of hydrogen-bond acceptors (Lipinski definition) is 6. The molecule has 3 aromatic rings. The number of aromatic nitrogens is 3. The van der Waals surface area contributed by atoms with E-state index in [0.29, 0.717) is 5.69 Å². The highest BCUT2D eigenvalue weighted by atomic mass is 16.4. The van der Waals surface area contributed by atoms with E-state index in [1.807, 2.05) is 24.3 Å². The third-order valence-corrected chi connectivity index (χ3v) is 4.92. The van der Waals surface area contributed by atoms with Crippen LogP contribution in [0.4, 0.5) is 0 Å². The number of H-pyrrole nitrogens is 2. The van der Waals surface area contributed by atoms with E-state index >= 15 is 0 Å². The number of fused-ring (bicyclic) bond motifs is 1. The summed E-state index contributed by atoms with van der Waals surface area (Å²) in [6.07, 6.45) is 5.13. The third-order valence-electron chi connectivity index (χ3n) is 4.92. The second kappa shape index (κ2) is 10.9. The van der Waals surface area contributed by atoms with Gasteiger partial charge in [-0.1, -0.05) is 18.2 Å². The predicted molar refractivity (Wildman–Crippen MR) is 118 cm³/mol. The van der Waals surface area contributed by atoms with Crippen molar-refractivity contribution in [3.05, 3.63) is 54.2 Å². The summed E-state index contributed by atoms with van der Waals surface area (Å²) in [6, 6.07) is 5.57.